The summed E-state index contributed by atoms with van der Waals surface area (Å²) in [5.41, 5.74) is 6.35. The number of ether oxygens (including phenoxy) is 1. The number of rotatable bonds is 6. The van der Waals surface area contributed by atoms with Gasteiger partial charge < -0.3 is 10.5 Å². The van der Waals surface area contributed by atoms with Gasteiger partial charge in [0.25, 0.3) is 0 Å². The SMILES string of the molecule is CCN(CC1CC1)C1(CN)CCCC(OC)C1. The first-order chi connectivity index (χ1) is 8.24. The molecule has 0 spiro atoms. The van der Waals surface area contributed by atoms with Gasteiger partial charge in [-0.05, 0) is 51.0 Å². The molecule has 3 nitrogen and oxygen atoms in total. The molecule has 2 saturated carbocycles. The van der Waals surface area contributed by atoms with Gasteiger partial charge in [-0.2, -0.15) is 0 Å². The van der Waals surface area contributed by atoms with Gasteiger partial charge in [0.15, 0.2) is 0 Å². The van der Waals surface area contributed by atoms with Crippen LogP contribution in [0, 0.1) is 5.92 Å². The fourth-order valence-electron chi connectivity index (χ4n) is 3.36. The Hall–Kier alpha value is -0.120. The quantitative estimate of drug-likeness (QED) is 0.772. The second kappa shape index (κ2) is 5.68. The number of likely N-dealkylation sites (N-methyl/N-ethyl adjacent to an activating group) is 1. The first kappa shape index (κ1) is 13.3. The van der Waals surface area contributed by atoms with E-state index in [2.05, 4.69) is 11.8 Å². The van der Waals surface area contributed by atoms with E-state index in [1.807, 2.05) is 7.11 Å². The first-order valence-corrected chi connectivity index (χ1v) is 7.22. The van der Waals surface area contributed by atoms with Gasteiger partial charge in [-0.1, -0.05) is 6.92 Å². The number of nitrogens with two attached hydrogens (primary N) is 1. The molecule has 0 aromatic carbocycles. The molecular weight excluding hydrogens is 212 g/mol. The predicted octanol–water partition coefficient (Wildman–Crippen LogP) is 2.00. The minimum absolute atomic E-state index is 0.219. The Balaban J connectivity index is 2.03. The lowest BCUT2D eigenvalue weighted by atomic mass is 9.78. The van der Waals surface area contributed by atoms with Gasteiger partial charge in [-0.25, -0.2) is 0 Å². The largest absolute Gasteiger partial charge is 0.381 e. The van der Waals surface area contributed by atoms with E-state index in [-0.39, 0.29) is 5.54 Å². The van der Waals surface area contributed by atoms with Crippen molar-refractivity contribution in [2.75, 3.05) is 26.7 Å². The Morgan fingerprint density at radius 1 is 1.35 bits per heavy atom. The standard InChI is InChI=1S/C14H28N2O/c1-3-16(10-12-6-7-12)14(11-15)8-4-5-13(9-14)17-2/h12-13H,3-11,15H2,1-2H3. The van der Waals surface area contributed by atoms with Crippen LogP contribution in [0.25, 0.3) is 0 Å². The van der Waals surface area contributed by atoms with Crippen LogP contribution in [-0.2, 0) is 4.74 Å². The van der Waals surface area contributed by atoms with E-state index >= 15 is 0 Å². The highest BCUT2D eigenvalue weighted by Crippen LogP contribution is 2.38. The fourth-order valence-corrected chi connectivity index (χ4v) is 3.36. The first-order valence-electron chi connectivity index (χ1n) is 7.22. The lowest BCUT2D eigenvalue weighted by molar-refractivity contribution is -0.0219. The minimum atomic E-state index is 0.219. The fraction of sp³-hybridized carbons (Fsp3) is 1.00. The zero-order valence-corrected chi connectivity index (χ0v) is 11.5. The maximum absolute atomic E-state index is 6.13. The molecule has 0 aromatic rings. The topological polar surface area (TPSA) is 38.5 Å². The number of hydrogen-bond acceptors (Lipinski definition) is 3. The molecule has 0 radical (unpaired) electrons. The molecule has 2 unspecified atom stereocenters. The van der Waals surface area contributed by atoms with Crippen molar-refractivity contribution >= 4 is 0 Å². The summed E-state index contributed by atoms with van der Waals surface area (Å²) in [5.74, 6) is 0.946. The van der Waals surface area contributed by atoms with Crippen molar-refractivity contribution in [3.63, 3.8) is 0 Å². The molecule has 17 heavy (non-hydrogen) atoms. The summed E-state index contributed by atoms with van der Waals surface area (Å²) in [4.78, 5) is 2.65. The average Bonchev–Trinajstić information content (AvgIpc) is 3.19. The van der Waals surface area contributed by atoms with E-state index in [0.717, 1.165) is 25.4 Å². The van der Waals surface area contributed by atoms with Crippen molar-refractivity contribution in [2.24, 2.45) is 11.7 Å². The van der Waals surface area contributed by atoms with Crippen LogP contribution in [0.2, 0.25) is 0 Å². The molecule has 100 valence electrons. The van der Waals surface area contributed by atoms with Gasteiger partial charge >= 0.3 is 0 Å². The molecule has 2 aliphatic carbocycles. The van der Waals surface area contributed by atoms with Gasteiger partial charge in [0.1, 0.15) is 0 Å². The maximum atomic E-state index is 6.13. The Kier molecular flexibility index (Phi) is 4.45. The van der Waals surface area contributed by atoms with Crippen molar-refractivity contribution in [3.05, 3.63) is 0 Å². The number of nitrogens with zero attached hydrogens (tertiary/aromatic N) is 1. The highest BCUT2D eigenvalue weighted by molar-refractivity contribution is 4.98. The third kappa shape index (κ3) is 3.01. The summed E-state index contributed by atoms with van der Waals surface area (Å²) >= 11 is 0. The molecular formula is C14H28N2O. The summed E-state index contributed by atoms with van der Waals surface area (Å²) in [6, 6.07) is 0. The molecule has 3 heteroatoms. The average molecular weight is 240 g/mol. The van der Waals surface area contributed by atoms with Crippen LogP contribution < -0.4 is 5.73 Å². The molecule has 0 amide bonds. The van der Waals surface area contributed by atoms with Gasteiger partial charge in [-0.3, -0.25) is 4.90 Å². The molecule has 2 fully saturated rings. The van der Waals surface area contributed by atoms with Crippen molar-refractivity contribution in [3.8, 4) is 0 Å². The van der Waals surface area contributed by atoms with Crippen LogP contribution in [0.5, 0.6) is 0 Å². The van der Waals surface area contributed by atoms with E-state index in [1.54, 1.807) is 0 Å². The zero-order valence-electron chi connectivity index (χ0n) is 11.5. The van der Waals surface area contributed by atoms with Gasteiger partial charge in [0.05, 0.1) is 6.10 Å². The van der Waals surface area contributed by atoms with E-state index in [1.165, 1.54) is 38.6 Å². The Morgan fingerprint density at radius 3 is 2.65 bits per heavy atom. The second-order valence-corrected chi connectivity index (χ2v) is 5.86. The molecule has 0 aliphatic heterocycles. The summed E-state index contributed by atoms with van der Waals surface area (Å²) in [7, 11) is 1.84. The monoisotopic (exact) mass is 240 g/mol. The summed E-state index contributed by atoms with van der Waals surface area (Å²) in [6.07, 6.45) is 8.11. The van der Waals surface area contributed by atoms with E-state index in [4.69, 9.17) is 10.5 Å². The van der Waals surface area contributed by atoms with E-state index in [0.29, 0.717) is 6.10 Å². The van der Waals surface area contributed by atoms with E-state index in [9.17, 15) is 0 Å². The third-order valence-corrected chi connectivity index (χ3v) is 4.72. The van der Waals surface area contributed by atoms with Gasteiger partial charge in [0.2, 0.25) is 0 Å². The van der Waals surface area contributed by atoms with Gasteiger partial charge in [0, 0.05) is 25.7 Å². The molecule has 0 aromatic heterocycles. The number of methoxy groups -OCH3 is 1. The van der Waals surface area contributed by atoms with Crippen molar-refractivity contribution in [2.45, 2.75) is 57.1 Å². The van der Waals surface area contributed by atoms with Crippen LogP contribution in [0.15, 0.2) is 0 Å². The number of hydrogen-bond donors (Lipinski definition) is 1. The molecule has 0 heterocycles. The normalized spacial score (nSPS) is 34.2. The zero-order chi connectivity index (χ0) is 12.3. The summed E-state index contributed by atoms with van der Waals surface area (Å²) in [6.45, 7) is 5.44. The summed E-state index contributed by atoms with van der Waals surface area (Å²) < 4.78 is 5.58. The lowest BCUT2D eigenvalue weighted by Gasteiger charge is -2.47. The molecule has 2 rings (SSSR count). The second-order valence-electron chi connectivity index (χ2n) is 5.86. The van der Waals surface area contributed by atoms with Crippen LogP contribution in [-0.4, -0.2) is 43.3 Å². The highest BCUT2D eigenvalue weighted by atomic mass is 16.5. The lowest BCUT2D eigenvalue weighted by Crippen LogP contribution is -2.57. The van der Waals surface area contributed by atoms with Crippen molar-refractivity contribution < 1.29 is 4.74 Å². The van der Waals surface area contributed by atoms with Crippen molar-refractivity contribution in [1.82, 2.24) is 4.90 Å². The van der Waals surface area contributed by atoms with Crippen LogP contribution in [0.3, 0.4) is 0 Å². The Morgan fingerprint density at radius 2 is 2.12 bits per heavy atom. The van der Waals surface area contributed by atoms with Crippen molar-refractivity contribution in [1.29, 1.82) is 0 Å². The van der Waals surface area contributed by atoms with Crippen LogP contribution in [0.1, 0.15) is 45.4 Å². The molecule has 2 aliphatic rings. The highest BCUT2D eigenvalue weighted by Gasteiger charge is 2.41. The molecule has 2 N–H and O–H groups in total. The maximum Gasteiger partial charge on any atom is 0.0589 e. The molecule has 0 bridgehead atoms. The van der Waals surface area contributed by atoms with Gasteiger partial charge in [-0.15, -0.1) is 0 Å². The Bertz CT molecular complexity index is 242. The Labute approximate surface area is 106 Å². The molecule has 2 atom stereocenters. The van der Waals surface area contributed by atoms with Crippen LogP contribution >= 0.6 is 0 Å². The third-order valence-electron chi connectivity index (χ3n) is 4.72. The van der Waals surface area contributed by atoms with Crippen LogP contribution in [0.4, 0.5) is 0 Å². The predicted molar refractivity (Wildman–Crippen MR) is 71.0 cm³/mol. The van der Waals surface area contributed by atoms with E-state index < -0.39 is 0 Å². The minimum Gasteiger partial charge on any atom is -0.381 e. The molecule has 0 saturated heterocycles. The smallest absolute Gasteiger partial charge is 0.0589 e. The summed E-state index contributed by atoms with van der Waals surface area (Å²) in [5, 5.41) is 0.